The van der Waals surface area contributed by atoms with Crippen molar-refractivity contribution in [1.82, 2.24) is 14.5 Å². The number of aromatic nitrogens is 3. The Bertz CT molecular complexity index is 764. The first-order chi connectivity index (χ1) is 11.1. The van der Waals surface area contributed by atoms with E-state index in [1.165, 1.54) is 21.2 Å². The Morgan fingerprint density at radius 2 is 1.87 bits per heavy atom. The van der Waals surface area contributed by atoms with Crippen molar-refractivity contribution >= 4 is 11.8 Å². The van der Waals surface area contributed by atoms with Crippen molar-refractivity contribution in [3.05, 3.63) is 71.9 Å². The van der Waals surface area contributed by atoms with Crippen molar-refractivity contribution < 1.29 is 0 Å². The van der Waals surface area contributed by atoms with E-state index < -0.39 is 0 Å². The summed E-state index contributed by atoms with van der Waals surface area (Å²) in [4.78, 5) is 10.3. The zero-order chi connectivity index (χ0) is 16.2. The van der Waals surface area contributed by atoms with Crippen molar-refractivity contribution in [2.24, 2.45) is 0 Å². The summed E-state index contributed by atoms with van der Waals surface area (Å²) in [5, 5.41) is 1.23. The van der Waals surface area contributed by atoms with E-state index in [0.717, 1.165) is 12.4 Å². The van der Waals surface area contributed by atoms with Gasteiger partial charge in [0.2, 0.25) is 0 Å². The molecule has 0 fully saturated rings. The third-order valence-electron chi connectivity index (χ3n) is 3.71. The predicted molar refractivity (Wildman–Crippen MR) is 95.0 cm³/mol. The summed E-state index contributed by atoms with van der Waals surface area (Å²) in [6, 6.07) is 14.6. The number of hydrogen-bond donors (Lipinski definition) is 0. The van der Waals surface area contributed by atoms with Crippen LogP contribution in [0.15, 0.2) is 64.8 Å². The maximum Gasteiger partial charge on any atom is 0.107 e. The fourth-order valence-electron chi connectivity index (χ4n) is 2.51. The van der Waals surface area contributed by atoms with Gasteiger partial charge in [0.05, 0.1) is 12.2 Å². The second kappa shape index (κ2) is 7.01. The van der Waals surface area contributed by atoms with Crippen LogP contribution in [0.3, 0.4) is 0 Å². The van der Waals surface area contributed by atoms with Gasteiger partial charge in [-0.05, 0) is 36.6 Å². The summed E-state index contributed by atoms with van der Waals surface area (Å²) in [5.74, 6) is 1.45. The van der Waals surface area contributed by atoms with Gasteiger partial charge in [-0.2, -0.15) is 0 Å². The number of hydrogen-bond acceptors (Lipinski definition) is 3. The molecule has 0 unspecified atom stereocenters. The maximum atomic E-state index is 4.82. The predicted octanol–water partition coefficient (Wildman–Crippen LogP) is 4.91. The van der Waals surface area contributed by atoms with Gasteiger partial charge in [0.25, 0.3) is 0 Å². The van der Waals surface area contributed by atoms with Crippen LogP contribution in [-0.4, -0.2) is 14.5 Å². The zero-order valence-electron chi connectivity index (χ0n) is 13.7. The number of pyridine rings is 1. The molecule has 0 radical (unpaired) electrons. The minimum Gasteiger partial charge on any atom is -0.318 e. The number of nitrogens with zero attached hydrogens (tertiary/aromatic N) is 3. The molecular formula is C19H21N3S. The van der Waals surface area contributed by atoms with E-state index in [2.05, 4.69) is 60.7 Å². The Kier molecular flexibility index (Phi) is 4.82. The molecule has 0 saturated heterocycles. The Labute approximate surface area is 141 Å². The van der Waals surface area contributed by atoms with Gasteiger partial charge in [0.1, 0.15) is 10.9 Å². The number of aryl methyl sites for hydroxylation is 1. The largest absolute Gasteiger partial charge is 0.318 e. The standard InChI is InChI=1S/C19H21N3S/c1-14(2)18-19(23-17-9-5-4-6-10-17)22(15(3)21-18)13-16-8-7-11-20-12-16/h4-12,14H,13H2,1-3H3. The van der Waals surface area contributed by atoms with Gasteiger partial charge in [-0.25, -0.2) is 4.98 Å². The normalized spacial score (nSPS) is 11.1. The first kappa shape index (κ1) is 15.8. The quantitative estimate of drug-likeness (QED) is 0.668. The van der Waals surface area contributed by atoms with Gasteiger partial charge in [0.15, 0.2) is 0 Å². The van der Waals surface area contributed by atoms with Gasteiger partial charge in [-0.3, -0.25) is 4.98 Å². The Morgan fingerprint density at radius 3 is 2.52 bits per heavy atom. The molecule has 118 valence electrons. The highest BCUT2D eigenvalue weighted by Crippen LogP contribution is 2.35. The van der Waals surface area contributed by atoms with Crippen LogP contribution in [0.4, 0.5) is 0 Å². The molecule has 0 saturated carbocycles. The highest BCUT2D eigenvalue weighted by Gasteiger charge is 2.18. The van der Waals surface area contributed by atoms with Gasteiger partial charge >= 0.3 is 0 Å². The van der Waals surface area contributed by atoms with Crippen LogP contribution in [0.2, 0.25) is 0 Å². The number of benzene rings is 1. The molecule has 2 aromatic heterocycles. The van der Waals surface area contributed by atoms with Crippen LogP contribution in [0.5, 0.6) is 0 Å². The van der Waals surface area contributed by atoms with Crippen molar-refractivity contribution in [1.29, 1.82) is 0 Å². The number of rotatable bonds is 5. The van der Waals surface area contributed by atoms with E-state index in [-0.39, 0.29) is 0 Å². The summed E-state index contributed by atoms with van der Waals surface area (Å²) >= 11 is 1.79. The molecule has 0 amide bonds. The molecule has 3 aromatic rings. The van der Waals surface area contributed by atoms with Crippen LogP contribution in [0.1, 0.15) is 36.8 Å². The second-order valence-electron chi connectivity index (χ2n) is 5.87. The summed E-state index contributed by atoms with van der Waals surface area (Å²) in [5.41, 5.74) is 2.36. The lowest BCUT2D eigenvalue weighted by molar-refractivity contribution is 0.688. The van der Waals surface area contributed by atoms with E-state index in [9.17, 15) is 0 Å². The first-order valence-electron chi connectivity index (χ1n) is 7.84. The number of imidazole rings is 1. The third kappa shape index (κ3) is 3.64. The molecular weight excluding hydrogens is 302 g/mol. The SMILES string of the molecule is Cc1nc(C(C)C)c(Sc2ccccc2)n1Cc1cccnc1. The van der Waals surface area contributed by atoms with E-state index in [4.69, 9.17) is 4.98 Å². The molecule has 0 aliphatic rings. The minimum absolute atomic E-state index is 0.398. The van der Waals surface area contributed by atoms with E-state index in [1.807, 2.05) is 24.5 Å². The van der Waals surface area contributed by atoms with E-state index in [1.54, 1.807) is 11.8 Å². The Morgan fingerprint density at radius 1 is 1.09 bits per heavy atom. The molecule has 23 heavy (non-hydrogen) atoms. The lowest BCUT2D eigenvalue weighted by atomic mass is 10.1. The smallest absolute Gasteiger partial charge is 0.107 e. The highest BCUT2D eigenvalue weighted by atomic mass is 32.2. The molecule has 0 bridgehead atoms. The lowest BCUT2D eigenvalue weighted by Crippen LogP contribution is -2.04. The Hall–Kier alpha value is -2.07. The van der Waals surface area contributed by atoms with Crippen LogP contribution in [0.25, 0.3) is 0 Å². The fraction of sp³-hybridized carbons (Fsp3) is 0.263. The Balaban J connectivity index is 2.00. The molecule has 0 atom stereocenters. The highest BCUT2D eigenvalue weighted by molar-refractivity contribution is 7.99. The van der Waals surface area contributed by atoms with Crippen LogP contribution in [0, 0.1) is 6.92 Å². The molecule has 1 aromatic carbocycles. The average molecular weight is 323 g/mol. The van der Waals surface area contributed by atoms with Crippen LogP contribution < -0.4 is 0 Å². The van der Waals surface area contributed by atoms with Crippen molar-refractivity contribution in [2.45, 2.75) is 43.2 Å². The molecule has 3 nitrogen and oxygen atoms in total. The first-order valence-corrected chi connectivity index (χ1v) is 8.65. The summed E-state index contributed by atoms with van der Waals surface area (Å²) in [6.07, 6.45) is 3.73. The molecule has 0 spiro atoms. The molecule has 0 aliphatic heterocycles. The van der Waals surface area contributed by atoms with Crippen LogP contribution in [-0.2, 0) is 6.54 Å². The van der Waals surface area contributed by atoms with E-state index >= 15 is 0 Å². The molecule has 0 aliphatic carbocycles. The fourth-order valence-corrected chi connectivity index (χ4v) is 3.72. The molecule has 3 rings (SSSR count). The third-order valence-corrected chi connectivity index (χ3v) is 4.84. The van der Waals surface area contributed by atoms with Gasteiger partial charge in [-0.1, -0.05) is 49.9 Å². The minimum atomic E-state index is 0.398. The average Bonchev–Trinajstić information content (AvgIpc) is 2.86. The zero-order valence-corrected chi connectivity index (χ0v) is 14.5. The van der Waals surface area contributed by atoms with Gasteiger partial charge in [0, 0.05) is 17.3 Å². The molecule has 0 N–H and O–H groups in total. The van der Waals surface area contributed by atoms with Crippen LogP contribution >= 0.6 is 11.8 Å². The topological polar surface area (TPSA) is 30.7 Å². The van der Waals surface area contributed by atoms with Gasteiger partial charge in [-0.15, -0.1) is 0 Å². The maximum absolute atomic E-state index is 4.82. The summed E-state index contributed by atoms with van der Waals surface area (Å²) in [6.45, 7) is 7.28. The summed E-state index contributed by atoms with van der Waals surface area (Å²) < 4.78 is 2.30. The van der Waals surface area contributed by atoms with Crippen molar-refractivity contribution in [3.8, 4) is 0 Å². The van der Waals surface area contributed by atoms with Crippen molar-refractivity contribution in [3.63, 3.8) is 0 Å². The van der Waals surface area contributed by atoms with Gasteiger partial charge < -0.3 is 4.57 Å². The molecule has 2 heterocycles. The summed E-state index contributed by atoms with van der Waals surface area (Å²) in [7, 11) is 0. The lowest BCUT2D eigenvalue weighted by Gasteiger charge is -2.12. The second-order valence-corrected chi connectivity index (χ2v) is 6.93. The molecule has 4 heteroatoms. The van der Waals surface area contributed by atoms with E-state index in [0.29, 0.717) is 5.92 Å². The van der Waals surface area contributed by atoms with Crippen molar-refractivity contribution in [2.75, 3.05) is 0 Å². The monoisotopic (exact) mass is 323 g/mol.